The largest absolute Gasteiger partial charge is 0.481 e. The van der Waals surface area contributed by atoms with Crippen molar-refractivity contribution < 1.29 is 14.7 Å². The molecule has 2 atom stereocenters. The molecule has 5 heteroatoms. The molecular weight excluding hydrogens is 256 g/mol. The Morgan fingerprint density at radius 3 is 2.40 bits per heavy atom. The second kappa shape index (κ2) is 6.12. The van der Waals surface area contributed by atoms with E-state index >= 15 is 0 Å². The molecule has 1 aliphatic heterocycles. The Balaban J connectivity index is 1.77. The molecule has 0 bridgehead atoms. The highest BCUT2D eigenvalue weighted by atomic mass is 16.4. The van der Waals surface area contributed by atoms with E-state index in [1.54, 1.807) is 0 Å². The van der Waals surface area contributed by atoms with Gasteiger partial charge >= 0.3 is 5.97 Å². The number of piperidine rings is 1. The van der Waals surface area contributed by atoms with Crippen molar-refractivity contribution in [3.8, 4) is 0 Å². The number of aliphatic carboxylic acids is 1. The van der Waals surface area contributed by atoms with Gasteiger partial charge in [-0.2, -0.15) is 0 Å². The maximum absolute atomic E-state index is 12.1. The third-order valence-electron chi connectivity index (χ3n) is 5.04. The van der Waals surface area contributed by atoms with Gasteiger partial charge in [0.15, 0.2) is 0 Å². The van der Waals surface area contributed by atoms with Crippen LogP contribution in [-0.2, 0) is 9.59 Å². The summed E-state index contributed by atoms with van der Waals surface area (Å²) >= 11 is 0. The van der Waals surface area contributed by atoms with E-state index in [0.717, 1.165) is 25.9 Å². The van der Waals surface area contributed by atoms with Crippen molar-refractivity contribution in [3.05, 3.63) is 0 Å². The Morgan fingerprint density at radius 2 is 1.85 bits per heavy atom. The summed E-state index contributed by atoms with van der Waals surface area (Å²) < 4.78 is 0. The number of carbonyl (C=O) groups excluding carboxylic acids is 1. The minimum Gasteiger partial charge on any atom is -0.481 e. The van der Waals surface area contributed by atoms with Gasteiger partial charge in [0, 0.05) is 12.5 Å². The number of nitrogens with zero attached hydrogens (tertiary/aromatic N) is 1. The lowest BCUT2D eigenvalue weighted by Gasteiger charge is -2.38. The van der Waals surface area contributed by atoms with E-state index < -0.39 is 5.97 Å². The van der Waals surface area contributed by atoms with Gasteiger partial charge in [0.2, 0.25) is 5.91 Å². The molecule has 0 aromatic heterocycles. The van der Waals surface area contributed by atoms with Gasteiger partial charge in [0.05, 0.1) is 5.92 Å². The molecule has 0 aromatic carbocycles. The summed E-state index contributed by atoms with van der Waals surface area (Å²) in [6.45, 7) is 5.11. The zero-order valence-corrected chi connectivity index (χ0v) is 12.5. The smallest absolute Gasteiger partial charge is 0.306 e. The van der Waals surface area contributed by atoms with Gasteiger partial charge in [0.1, 0.15) is 0 Å². The highest BCUT2D eigenvalue weighted by Gasteiger charge is 2.35. The van der Waals surface area contributed by atoms with Crippen LogP contribution in [0.4, 0.5) is 0 Å². The second-order valence-electron chi connectivity index (χ2n) is 6.88. The van der Waals surface area contributed by atoms with E-state index in [2.05, 4.69) is 24.2 Å². The molecule has 0 radical (unpaired) electrons. The lowest BCUT2D eigenvalue weighted by molar-refractivity contribution is -0.141. The standard InChI is InChI=1S/C15H26N2O3/c1-15(5-7-17(2)8-6-15)10-16-13(18)11-3-4-12(9-11)14(19)20/h11-12H,3-10H2,1-2H3,(H,16,18)(H,19,20). The van der Waals surface area contributed by atoms with E-state index in [-0.39, 0.29) is 23.2 Å². The first-order valence-electron chi connectivity index (χ1n) is 7.59. The summed E-state index contributed by atoms with van der Waals surface area (Å²) in [7, 11) is 2.13. The summed E-state index contributed by atoms with van der Waals surface area (Å²) in [5.41, 5.74) is 0.187. The lowest BCUT2D eigenvalue weighted by Crippen LogP contribution is -2.44. The minimum absolute atomic E-state index is 0.0499. The van der Waals surface area contributed by atoms with Crippen LogP contribution in [0, 0.1) is 17.3 Å². The van der Waals surface area contributed by atoms with Gasteiger partial charge in [-0.15, -0.1) is 0 Å². The van der Waals surface area contributed by atoms with Gasteiger partial charge in [-0.3, -0.25) is 9.59 Å². The maximum atomic E-state index is 12.1. The number of carbonyl (C=O) groups is 2. The van der Waals surface area contributed by atoms with Crippen LogP contribution in [-0.4, -0.2) is 48.6 Å². The first kappa shape index (κ1) is 15.3. The fraction of sp³-hybridized carbons (Fsp3) is 0.867. The molecule has 2 aliphatic rings. The van der Waals surface area contributed by atoms with E-state index in [9.17, 15) is 9.59 Å². The number of nitrogens with one attached hydrogen (secondary N) is 1. The summed E-state index contributed by atoms with van der Waals surface area (Å²) in [5, 5.41) is 12.0. The molecule has 2 N–H and O–H groups in total. The summed E-state index contributed by atoms with van der Waals surface area (Å²) in [6, 6.07) is 0. The second-order valence-corrected chi connectivity index (χ2v) is 6.88. The van der Waals surface area contributed by atoms with Gasteiger partial charge in [0.25, 0.3) is 0 Å². The summed E-state index contributed by atoms with van der Waals surface area (Å²) in [5.74, 6) is -1.15. The Bertz CT molecular complexity index is 375. The predicted octanol–water partition coefficient (Wildman–Crippen LogP) is 1.34. The SMILES string of the molecule is CN1CCC(C)(CNC(=O)C2CCC(C(=O)O)C2)CC1. The molecule has 2 unspecified atom stereocenters. The van der Waals surface area contributed by atoms with Crippen molar-refractivity contribution in [2.45, 2.75) is 39.0 Å². The van der Waals surface area contributed by atoms with E-state index in [1.807, 2.05) is 0 Å². The van der Waals surface area contributed by atoms with Crippen LogP contribution in [0.1, 0.15) is 39.0 Å². The number of amides is 1. The van der Waals surface area contributed by atoms with E-state index in [0.29, 0.717) is 25.8 Å². The fourth-order valence-electron chi connectivity index (χ4n) is 3.22. The van der Waals surface area contributed by atoms with Crippen molar-refractivity contribution in [3.63, 3.8) is 0 Å². The van der Waals surface area contributed by atoms with Gasteiger partial charge in [-0.25, -0.2) is 0 Å². The number of carboxylic acid groups (broad SMARTS) is 1. The number of rotatable bonds is 4. The van der Waals surface area contributed by atoms with Crippen molar-refractivity contribution in [2.24, 2.45) is 17.3 Å². The summed E-state index contributed by atoms with van der Waals surface area (Å²) in [4.78, 5) is 25.4. The molecule has 2 fully saturated rings. The van der Waals surface area contributed by atoms with Gasteiger partial charge < -0.3 is 15.3 Å². The first-order chi connectivity index (χ1) is 9.39. The van der Waals surface area contributed by atoms with Crippen molar-refractivity contribution in [2.75, 3.05) is 26.7 Å². The monoisotopic (exact) mass is 282 g/mol. The molecule has 1 amide bonds. The normalized spacial score (nSPS) is 30.1. The quantitative estimate of drug-likeness (QED) is 0.816. The highest BCUT2D eigenvalue weighted by molar-refractivity contribution is 5.80. The Kier molecular flexibility index (Phi) is 4.68. The number of likely N-dealkylation sites (tertiary alicyclic amines) is 1. The van der Waals surface area contributed by atoms with Gasteiger partial charge in [-0.05, 0) is 57.7 Å². The number of hydrogen-bond donors (Lipinski definition) is 2. The topological polar surface area (TPSA) is 69.6 Å². The summed E-state index contributed by atoms with van der Waals surface area (Å²) in [6.07, 6.45) is 4.05. The Morgan fingerprint density at radius 1 is 1.25 bits per heavy atom. The number of hydrogen-bond acceptors (Lipinski definition) is 3. The average molecular weight is 282 g/mol. The molecule has 1 saturated carbocycles. The van der Waals surface area contributed by atoms with E-state index in [4.69, 9.17) is 5.11 Å². The maximum Gasteiger partial charge on any atom is 0.306 e. The van der Waals surface area contributed by atoms with Crippen LogP contribution in [0.5, 0.6) is 0 Å². The third-order valence-corrected chi connectivity index (χ3v) is 5.04. The molecule has 5 nitrogen and oxygen atoms in total. The van der Waals surface area contributed by atoms with Crippen LogP contribution in [0.2, 0.25) is 0 Å². The molecule has 114 valence electrons. The van der Waals surface area contributed by atoms with Crippen LogP contribution in [0.3, 0.4) is 0 Å². The highest BCUT2D eigenvalue weighted by Crippen LogP contribution is 2.32. The molecule has 1 aliphatic carbocycles. The average Bonchev–Trinajstić information content (AvgIpc) is 2.90. The number of carboxylic acids is 1. The minimum atomic E-state index is -0.762. The van der Waals surface area contributed by atoms with Crippen LogP contribution < -0.4 is 5.32 Å². The lowest BCUT2D eigenvalue weighted by atomic mass is 9.80. The van der Waals surface area contributed by atoms with Crippen LogP contribution >= 0.6 is 0 Å². The molecule has 0 aromatic rings. The van der Waals surface area contributed by atoms with Crippen LogP contribution in [0.25, 0.3) is 0 Å². The zero-order chi connectivity index (χ0) is 14.8. The van der Waals surface area contributed by atoms with E-state index in [1.165, 1.54) is 0 Å². The van der Waals surface area contributed by atoms with Crippen molar-refractivity contribution >= 4 is 11.9 Å². The van der Waals surface area contributed by atoms with Crippen molar-refractivity contribution in [1.82, 2.24) is 10.2 Å². The van der Waals surface area contributed by atoms with Gasteiger partial charge in [-0.1, -0.05) is 6.92 Å². The van der Waals surface area contributed by atoms with Crippen LogP contribution in [0.15, 0.2) is 0 Å². The fourth-order valence-corrected chi connectivity index (χ4v) is 3.22. The molecular formula is C15H26N2O3. The predicted molar refractivity (Wildman–Crippen MR) is 76.3 cm³/mol. The zero-order valence-electron chi connectivity index (χ0n) is 12.5. The van der Waals surface area contributed by atoms with Crippen molar-refractivity contribution in [1.29, 1.82) is 0 Å². The molecule has 2 rings (SSSR count). The molecule has 0 spiro atoms. The molecule has 20 heavy (non-hydrogen) atoms. The third kappa shape index (κ3) is 3.72. The Hall–Kier alpha value is -1.10. The molecule has 1 heterocycles. The Labute approximate surface area is 120 Å². The molecule has 1 saturated heterocycles. The first-order valence-corrected chi connectivity index (χ1v) is 7.59.